The van der Waals surface area contributed by atoms with Gasteiger partial charge in [-0.05, 0) is 43.0 Å². The molecular weight excluding hydrogens is 475 g/mol. The molecular formula is C22H24F3N3O5S. The average Bonchev–Trinajstić information content (AvgIpc) is 2.78. The minimum atomic E-state index is -4.48. The van der Waals surface area contributed by atoms with Gasteiger partial charge in [0.05, 0.1) is 15.4 Å². The van der Waals surface area contributed by atoms with Gasteiger partial charge in [0.1, 0.15) is 0 Å². The zero-order chi connectivity index (χ0) is 25.3. The first-order chi connectivity index (χ1) is 15.8. The molecule has 1 aliphatic heterocycles. The van der Waals surface area contributed by atoms with Crippen LogP contribution < -0.4 is 0 Å². The molecule has 0 spiro atoms. The molecule has 0 saturated carbocycles. The van der Waals surface area contributed by atoms with Crippen molar-refractivity contribution in [2.45, 2.75) is 37.4 Å². The van der Waals surface area contributed by atoms with Crippen LogP contribution in [0.3, 0.4) is 0 Å². The van der Waals surface area contributed by atoms with Gasteiger partial charge in [0.25, 0.3) is 5.69 Å². The van der Waals surface area contributed by atoms with Crippen LogP contribution in [0.15, 0.2) is 47.4 Å². The number of rotatable bonds is 6. The Labute approximate surface area is 195 Å². The number of halogens is 3. The molecule has 1 aliphatic rings. The van der Waals surface area contributed by atoms with Crippen molar-refractivity contribution in [1.29, 1.82) is 0 Å². The van der Waals surface area contributed by atoms with E-state index in [2.05, 4.69) is 0 Å². The fourth-order valence-electron chi connectivity index (χ4n) is 3.97. The molecule has 1 saturated heterocycles. The smallest absolute Gasteiger partial charge is 0.341 e. The number of aryl methyl sites for hydroxylation is 1. The number of nitro benzene ring substituents is 1. The van der Waals surface area contributed by atoms with E-state index in [1.165, 1.54) is 40.5 Å². The van der Waals surface area contributed by atoms with Crippen molar-refractivity contribution >= 4 is 21.6 Å². The number of nitro groups is 1. The second kappa shape index (κ2) is 9.71. The van der Waals surface area contributed by atoms with Gasteiger partial charge in [-0.1, -0.05) is 18.2 Å². The molecule has 1 heterocycles. The Hall–Kier alpha value is -2.99. The summed E-state index contributed by atoms with van der Waals surface area (Å²) in [6.07, 6.45) is -4.01. The highest BCUT2D eigenvalue weighted by molar-refractivity contribution is 7.89. The lowest BCUT2D eigenvalue weighted by atomic mass is 9.96. The summed E-state index contributed by atoms with van der Waals surface area (Å²) in [6.45, 7) is 1.65. The third-order valence-electron chi connectivity index (χ3n) is 5.85. The van der Waals surface area contributed by atoms with Gasteiger partial charge in [0, 0.05) is 44.7 Å². The molecule has 0 atom stereocenters. The molecule has 34 heavy (non-hydrogen) atoms. The summed E-state index contributed by atoms with van der Waals surface area (Å²) in [7, 11) is -2.49. The molecule has 0 aliphatic carbocycles. The van der Waals surface area contributed by atoms with Gasteiger partial charge in [-0.2, -0.15) is 17.5 Å². The lowest BCUT2D eigenvalue weighted by Gasteiger charge is -2.32. The predicted molar refractivity (Wildman–Crippen MR) is 117 cm³/mol. The van der Waals surface area contributed by atoms with E-state index in [-0.39, 0.29) is 49.0 Å². The van der Waals surface area contributed by atoms with E-state index in [0.29, 0.717) is 11.1 Å². The van der Waals surface area contributed by atoms with E-state index >= 15 is 0 Å². The number of amides is 1. The number of alkyl halides is 3. The van der Waals surface area contributed by atoms with E-state index in [1.807, 2.05) is 0 Å². The Bertz CT molecular complexity index is 1190. The predicted octanol–water partition coefficient (Wildman–Crippen LogP) is 3.98. The minimum absolute atomic E-state index is 0.00581. The number of hydrogen-bond acceptors (Lipinski definition) is 5. The van der Waals surface area contributed by atoms with Crippen LogP contribution in [-0.2, 0) is 27.5 Å². The van der Waals surface area contributed by atoms with Gasteiger partial charge in [0.2, 0.25) is 15.9 Å². The Morgan fingerprint density at radius 1 is 1.18 bits per heavy atom. The van der Waals surface area contributed by atoms with Gasteiger partial charge in [-0.25, -0.2) is 8.42 Å². The van der Waals surface area contributed by atoms with Crippen molar-refractivity contribution in [2.75, 3.05) is 20.1 Å². The van der Waals surface area contributed by atoms with E-state index in [1.54, 1.807) is 6.92 Å². The molecule has 0 bridgehead atoms. The molecule has 0 radical (unpaired) electrons. The zero-order valence-electron chi connectivity index (χ0n) is 18.6. The van der Waals surface area contributed by atoms with Crippen LogP contribution in [-0.4, -0.2) is 48.6 Å². The number of non-ortho nitro benzene ring substituents is 1. The zero-order valence-corrected chi connectivity index (χ0v) is 19.4. The molecule has 12 heteroatoms. The molecule has 0 N–H and O–H groups in total. The second-order valence-corrected chi connectivity index (χ2v) is 10.2. The van der Waals surface area contributed by atoms with E-state index in [4.69, 9.17) is 0 Å². The van der Waals surface area contributed by atoms with Crippen molar-refractivity contribution in [2.24, 2.45) is 5.92 Å². The summed E-state index contributed by atoms with van der Waals surface area (Å²) in [5, 5.41) is 11.0. The third-order valence-corrected chi connectivity index (χ3v) is 7.89. The molecule has 0 aromatic heterocycles. The Balaban J connectivity index is 1.66. The molecule has 3 rings (SSSR count). The molecule has 1 fully saturated rings. The standard InChI is InChI=1S/C22H24F3N3O5S/c1-15-6-7-19(28(30)31)13-20(15)34(32,33)27-10-8-17(9-11-27)21(29)26(2)14-16-4-3-5-18(12-16)22(23,24)25/h3-7,12-13,17H,8-11,14H2,1-2H3. The van der Waals surface area contributed by atoms with Crippen LogP contribution in [0.1, 0.15) is 29.5 Å². The van der Waals surface area contributed by atoms with Gasteiger partial charge >= 0.3 is 6.18 Å². The maximum absolute atomic E-state index is 13.1. The van der Waals surface area contributed by atoms with Crippen molar-refractivity contribution in [3.63, 3.8) is 0 Å². The summed E-state index contributed by atoms with van der Waals surface area (Å²) < 4.78 is 66.1. The molecule has 184 valence electrons. The summed E-state index contributed by atoms with van der Waals surface area (Å²) in [6, 6.07) is 8.41. The van der Waals surface area contributed by atoms with Crippen molar-refractivity contribution < 1.29 is 31.3 Å². The summed E-state index contributed by atoms with van der Waals surface area (Å²) in [4.78, 5) is 24.4. The number of carbonyl (C=O) groups is 1. The first-order valence-corrected chi connectivity index (χ1v) is 11.9. The first kappa shape index (κ1) is 25.6. The van der Waals surface area contributed by atoms with Crippen LogP contribution in [0.25, 0.3) is 0 Å². The Kier molecular flexibility index (Phi) is 7.32. The number of hydrogen-bond donors (Lipinski definition) is 0. The highest BCUT2D eigenvalue weighted by Crippen LogP contribution is 2.31. The van der Waals surface area contributed by atoms with Crippen molar-refractivity contribution in [1.82, 2.24) is 9.21 Å². The number of piperidine rings is 1. The number of benzene rings is 2. The molecule has 2 aromatic rings. The van der Waals surface area contributed by atoms with Crippen molar-refractivity contribution in [3.8, 4) is 0 Å². The number of sulfonamides is 1. The van der Waals surface area contributed by atoms with Crippen LogP contribution in [0, 0.1) is 23.0 Å². The van der Waals surface area contributed by atoms with Crippen LogP contribution in [0.2, 0.25) is 0 Å². The summed E-state index contributed by atoms with van der Waals surface area (Å²) in [5.41, 5.74) is -0.400. The van der Waals surface area contributed by atoms with Crippen LogP contribution in [0.5, 0.6) is 0 Å². The summed E-state index contributed by atoms with van der Waals surface area (Å²) >= 11 is 0. The Morgan fingerprint density at radius 2 is 1.82 bits per heavy atom. The van der Waals surface area contributed by atoms with E-state index in [0.717, 1.165) is 18.2 Å². The fourth-order valence-corrected chi connectivity index (χ4v) is 5.69. The lowest BCUT2D eigenvalue weighted by molar-refractivity contribution is -0.385. The molecule has 8 nitrogen and oxygen atoms in total. The Morgan fingerprint density at radius 3 is 2.41 bits per heavy atom. The maximum atomic E-state index is 13.1. The van der Waals surface area contributed by atoms with E-state index < -0.39 is 32.6 Å². The second-order valence-electron chi connectivity index (χ2n) is 8.28. The monoisotopic (exact) mass is 499 g/mol. The third kappa shape index (κ3) is 5.55. The average molecular weight is 500 g/mol. The fraction of sp³-hybridized carbons (Fsp3) is 0.409. The molecule has 1 amide bonds. The van der Waals surface area contributed by atoms with Gasteiger partial charge < -0.3 is 4.90 Å². The van der Waals surface area contributed by atoms with Crippen LogP contribution >= 0.6 is 0 Å². The van der Waals surface area contributed by atoms with E-state index in [9.17, 15) is 36.5 Å². The number of carbonyl (C=O) groups excluding carboxylic acids is 1. The normalized spacial score (nSPS) is 15.8. The lowest BCUT2D eigenvalue weighted by Crippen LogP contribution is -2.43. The van der Waals surface area contributed by atoms with Crippen molar-refractivity contribution in [3.05, 3.63) is 69.3 Å². The highest BCUT2D eigenvalue weighted by atomic mass is 32.2. The largest absolute Gasteiger partial charge is 0.416 e. The minimum Gasteiger partial charge on any atom is -0.341 e. The van der Waals surface area contributed by atoms with Crippen LogP contribution in [0.4, 0.5) is 18.9 Å². The molecule has 0 unspecified atom stereocenters. The molecule has 2 aromatic carbocycles. The van der Waals surface area contributed by atoms with Gasteiger partial charge in [-0.3, -0.25) is 14.9 Å². The number of nitrogens with zero attached hydrogens (tertiary/aromatic N) is 3. The van der Waals surface area contributed by atoms with Gasteiger partial charge in [0.15, 0.2) is 0 Å². The highest BCUT2D eigenvalue weighted by Gasteiger charge is 2.35. The first-order valence-electron chi connectivity index (χ1n) is 10.5. The SMILES string of the molecule is Cc1ccc([N+](=O)[O-])cc1S(=O)(=O)N1CCC(C(=O)N(C)Cc2cccc(C(F)(F)F)c2)CC1. The van der Waals surface area contributed by atoms with Gasteiger partial charge in [-0.15, -0.1) is 0 Å². The summed E-state index contributed by atoms with van der Waals surface area (Å²) in [5.74, 6) is -0.755. The maximum Gasteiger partial charge on any atom is 0.416 e. The quantitative estimate of drug-likeness (QED) is 0.442. The topological polar surface area (TPSA) is 101 Å².